The van der Waals surface area contributed by atoms with Crippen molar-refractivity contribution in [2.75, 3.05) is 13.8 Å². The van der Waals surface area contributed by atoms with Gasteiger partial charge in [-0.05, 0) is 36.8 Å². The lowest BCUT2D eigenvalue weighted by molar-refractivity contribution is 0.174. The van der Waals surface area contributed by atoms with E-state index >= 15 is 0 Å². The fraction of sp³-hybridized carbons (Fsp3) is 0.286. The van der Waals surface area contributed by atoms with E-state index in [1.54, 1.807) is 19.2 Å². The molecule has 7 heteroatoms. The third-order valence-corrected chi connectivity index (χ3v) is 6.49. The number of fused-ring (bicyclic) bond motifs is 1. The summed E-state index contributed by atoms with van der Waals surface area (Å²) in [6, 6.07) is 8.91. The smallest absolute Gasteiger partial charge is 0.252 e. The third kappa shape index (κ3) is 2.76. The van der Waals surface area contributed by atoms with E-state index in [1.165, 1.54) is 15.6 Å². The molecule has 2 aromatic rings. The largest absolute Gasteiger partial charge is 0.454 e. The monoisotopic (exact) mass is 325 g/mol. The Kier molecular flexibility index (Phi) is 3.64. The van der Waals surface area contributed by atoms with E-state index in [2.05, 4.69) is 0 Å². The summed E-state index contributed by atoms with van der Waals surface area (Å²) in [5, 5.41) is 0. The predicted molar refractivity (Wildman–Crippen MR) is 80.3 cm³/mol. The predicted octanol–water partition coefficient (Wildman–Crippen LogP) is 2.61. The van der Waals surface area contributed by atoms with Crippen LogP contribution in [0.1, 0.15) is 10.4 Å². The molecular formula is C14H15NO4S2. The number of benzene rings is 1. The lowest BCUT2D eigenvalue weighted by Crippen LogP contribution is -2.25. The average Bonchev–Trinajstić information content (AvgIpc) is 3.06. The van der Waals surface area contributed by atoms with E-state index in [9.17, 15) is 8.42 Å². The number of hydrogen-bond acceptors (Lipinski definition) is 5. The number of sulfonamides is 1. The Labute approximate surface area is 127 Å². The molecule has 1 aliphatic rings. The number of aryl methyl sites for hydroxylation is 1. The van der Waals surface area contributed by atoms with Crippen molar-refractivity contribution in [2.45, 2.75) is 17.7 Å². The van der Waals surface area contributed by atoms with Gasteiger partial charge in [-0.25, -0.2) is 8.42 Å². The van der Waals surface area contributed by atoms with Crippen molar-refractivity contribution in [2.24, 2.45) is 0 Å². The number of ether oxygens (including phenoxy) is 2. The highest BCUT2D eigenvalue weighted by Crippen LogP contribution is 2.33. The van der Waals surface area contributed by atoms with Gasteiger partial charge in [0.05, 0.1) is 0 Å². The van der Waals surface area contributed by atoms with Crippen molar-refractivity contribution in [1.29, 1.82) is 0 Å². The molecule has 0 saturated heterocycles. The molecule has 0 aliphatic carbocycles. The Balaban J connectivity index is 1.81. The van der Waals surface area contributed by atoms with E-state index in [0.717, 1.165) is 10.4 Å². The van der Waals surface area contributed by atoms with Gasteiger partial charge in [-0.2, -0.15) is 4.31 Å². The van der Waals surface area contributed by atoms with Gasteiger partial charge in [0.1, 0.15) is 4.21 Å². The fourth-order valence-electron chi connectivity index (χ4n) is 2.09. The molecule has 21 heavy (non-hydrogen) atoms. The van der Waals surface area contributed by atoms with Gasteiger partial charge >= 0.3 is 0 Å². The Morgan fingerprint density at radius 2 is 1.95 bits per heavy atom. The minimum Gasteiger partial charge on any atom is -0.454 e. The third-order valence-electron chi connectivity index (χ3n) is 3.22. The molecular weight excluding hydrogens is 310 g/mol. The maximum Gasteiger partial charge on any atom is 0.252 e. The summed E-state index contributed by atoms with van der Waals surface area (Å²) in [5.41, 5.74) is 0.860. The number of nitrogens with zero attached hydrogens (tertiary/aromatic N) is 1. The van der Waals surface area contributed by atoms with Crippen molar-refractivity contribution in [3.8, 4) is 11.5 Å². The molecule has 1 aliphatic heterocycles. The van der Waals surface area contributed by atoms with Crippen LogP contribution < -0.4 is 9.47 Å². The second kappa shape index (κ2) is 5.32. The van der Waals surface area contributed by atoms with Crippen LogP contribution in [0.3, 0.4) is 0 Å². The minimum absolute atomic E-state index is 0.210. The van der Waals surface area contributed by atoms with Gasteiger partial charge in [0.15, 0.2) is 11.5 Å². The molecule has 0 bridgehead atoms. The Morgan fingerprint density at radius 3 is 2.67 bits per heavy atom. The van der Waals surface area contributed by atoms with Gasteiger partial charge in [0, 0.05) is 18.5 Å². The molecule has 5 nitrogen and oxygen atoms in total. The van der Waals surface area contributed by atoms with Crippen molar-refractivity contribution >= 4 is 21.4 Å². The zero-order chi connectivity index (χ0) is 15.0. The Bertz CT molecular complexity index is 767. The molecule has 0 atom stereocenters. The molecule has 0 saturated carbocycles. The van der Waals surface area contributed by atoms with Crippen LogP contribution in [0.4, 0.5) is 0 Å². The van der Waals surface area contributed by atoms with E-state index in [-0.39, 0.29) is 13.3 Å². The highest BCUT2D eigenvalue weighted by atomic mass is 32.2. The van der Waals surface area contributed by atoms with E-state index in [1.807, 2.05) is 25.1 Å². The van der Waals surface area contributed by atoms with Crippen molar-refractivity contribution in [3.05, 3.63) is 40.8 Å². The van der Waals surface area contributed by atoms with Crippen molar-refractivity contribution < 1.29 is 17.9 Å². The van der Waals surface area contributed by atoms with Crippen molar-refractivity contribution in [3.63, 3.8) is 0 Å². The van der Waals surface area contributed by atoms with E-state index in [0.29, 0.717) is 15.7 Å². The molecule has 1 aromatic carbocycles. The standard InChI is InChI=1S/C14H15NO4S2/c1-10-3-6-14(20-10)21(16,17)15(2)8-11-4-5-12-13(7-11)19-9-18-12/h3-7H,8-9H2,1-2H3. The van der Waals surface area contributed by atoms with Gasteiger partial charge in [-0.3, -0.25) is 0 Å². The first-order valence-electron chi connectivity index (χ1n) is 6.38. The first kappa shape index (κ1) is 14.4. The van der Waals surface area contributed by atoms with Gasteiger partial charge in [-0.1, -0.05) is 6.07 Å². The van der Waals surface area contributed by atoms with Gasteiger partial charge in [0.25, 0.3) is 10.0 Å². The van der Waals surface area contributed by atoms with E-state index < -0.39 is 10.0 Å². The lowest BCUT2D eigenvalue weighted by Gasteiger charge is -2.16. The van der Waals surface area contributed by atoms with Crippen LogP contribution in [-0.2, 0) is 16.6 Å². The minimum atomic E-state index is -3.45. The van der Waals surface area contributed by atoms with E-state index in [4.69, 9.17) is 9.47 Å². The van der Waals surface area contributed by atoms with Crippen LogP contribution in [0.2, 0.25) is 0 Å². The Morgan fingerprint density at radius 1 is 1.19 bits per heavy atom. The molecule has 0 fully saturated rings. The normalized spacial score (nSPS) is 13.9. The van der Waals surface area contributed by atoms with Crippen LogP contribution in [-0.4, -0.2) is 26.6 Å². The molecule has 0 N–H and O–H groups in total. The summed E-state index contributed by atoms with van der Waals surface area (Å²) in [4.78, 5) is 0.977. The van der Waals surface area contributed by atoms with Crippen LogP contribution in [0.5, 0.6) is 11.5 Å². The molecule has 2 heterocycles. The highest BCUT2D eigenvalue weighted by Gasteiger charge is 2.23. The molecule has 0 radical (unpaired) electrons. The second-order valence-electron chi connectivity index (χ2n) is 4.81. The first-order chi connectivity index (χ1) is 9.96. The molecule has 0 amide bonds. The second-order valence-corrected chi connectivity index (χ2v) is 8.37. The van der Waals surface area contributed by atoms with Crippen molar-refractivity contribution in [1.82, 2.24) is 4.31 Å². The molecule has 3 rings (SSSR count). The summed E-state index contributed by atoms with van der Waals surface area (Å²) in [6.45, 7) is 2.39. The molecule has 0 spiro atoms. The lowest BCUT2D eigenvalue weighted by atomic mass is 10.2. The van der Waals surface area contributed by atoms with Gasteiger partial charge in [0.2, 0.25) is 6.79 Å². The van der Waals surface area contributed by atoms with Gasteiger partial charge < -0.3 is 9.47 Å². The quantitative estimate of drug-likeness (QED) is 0.867. The summed E-state index contributed by atoms with van der Waals surface area (Å²) in [7, 11) is -1.87. The van der Waals surface area contributed by atoms with Crippen LogP contribution in [0.25, 0.3) is 0 Å². The highest BCUT2D eigenvalue weighted by molar-refractivity contribution is 7.91. The molecule has 112 valence electrons. The topological polar surface area (TPSA) is 55.8 Å². The average molecular weight is 325 g/mol. The van der Waals surface area contributed by atoms with Crippen LogP contribution in [0.15, 0.2) is 34.5 Å². The maximum absolute atomic E-state index is 12.5. The molecule has 1 aromatic heterocycles. The molecule has 0 unspecified atom stereocenters. The van der Waals surface area contributed by atoms with Crippen LogP contribution in [0, 0.1) is 6.92 Å². The SMILES string of the molecule is Cc1ccc(S(=O)(=O)N(C)Cc2ccc3c(c2)OCO3)s1. The fourth-order valence-corrected chi connectivity index (χ4v) is 4.74. The first-order valence-corrected chi connectivity index (χ1v) is 8.64. The summed E-state index contributed by atoms with van der Waals surface area (Å²) < 4.78 is 37.2. The number of rotatable bonds is 4. The number of thiophene rings is 1. The summed E-state index contributed by atoms with van der Waals surface area (Å²) in [5.74, 6) is 1.35. The zero-order valence-electron chi connectivity index (χ0n) is 11.7. The summed E-state index contributed by atoms with van der Waals surface area (Å²) in [6.07, 6.45) is 0. The Hall–Kier alpha value is -1.57. The van der Waals surface area contributed by atoms with Gasteiger partial charge in [-0.15, -0.1) is 11.3 Å². The van der Waals surface area contributed by atoms with Crippen LogP contribution >= 0.6 is 11.3 Å². The maximum atomic E-state index is 12.5. The summed E-state index contributed by atoms with van der Waals surface area (Å²) >= 11 is 1.28. The zero-order valence-corrected chi connectivity index (χ0v) is 13.3. The number of hydrogen-bond donors (Lipinski definition) is 0.